The number of halogens is 1. The minimum atomic E-state index is 0.233. The minimum absolute atomic E-state index is 0.233. The lowest BCUT2D eigenvalue weighted by molar-refractivity contribution is -0.132. The molecule has 2 heterocycles. The number of fused-ring (bicyclic) bond motifs is 1. The van der Waals surface area contributed by atoms with Crippen LogP contribution in [0.3, 0.4) is 0 Å². The zero-order valence-corrected chi connectivity index (χ0v) is 14.9. The van der Waals surface area contributed by atoms with Gasteiger partial charge < -0.3 is 4.90 Å². The molecule has 0 bridgehead atoms. The molecular formula is C17H21BrN4O. The predicted molar refractivity (Wildman–Crippen MR) is 91.8 cm³/mol. The Hall–Kier alpha value is -1.69. The first-order valence-electron chi connectivity index (χ1n) is 8.03. The summed E-state index contributed by atoms with van der Waals surface area (Å²) < 4.78 is 2.92. The van der Waals surface area contributed by atoms with Crippen LogP contribution in [0.5, 0.6) is 0 Å². The first-order chi connectivity index (χ1) is 11.1. The Labute approximate surface area is 144 Å². The number of hydrogen-bond donors (Lipinski definition) is 0. The molecule has 1 aliphatic rings. The van der Waals surface area contributed by atoms with E-state index in [-0.39, 0.29) is 5.91 Å². The van der Waals surface area contributed by atoms with Gasteiger partial charge in [-0.1, -0.05) is 33.3 Å². The highest BCUT2D eigenvalue weighted by molar-refractivity contribution is 9.10. The Morgan fingerprint density at radius 3 is 2.83 bits per heavy atom. The van der Waals surface area contributed by atoms with E-state index in [0.29, 0.717) is 13.0 Å². The molecule has 0 aliphatic carbocycles. The van der Waals surface area contributed by atoms with Gasteiger partial charge in [0, 0.05) is 30.9 Å². The number of unbranched alkanes of at least 4 members (excludes halogenated alkanes) is 1. The van der Waals surface area contributed by atoms with Crippen molar-refractivity contribution in [1.82, 2.24) is 19.9 Å². The van der Waals surface area contributed by atoms with Gasteiger partial charge in [0.2, 0.25) is 5.91 Å². The molecule has 6 heteroatoms. The first-order valence-corrected chi connectivity index (χ1v) is 8.82. The highest BCUT2D eigenvalue weighted by atomic mass is 79.9. The van der Waals surface area contributed by atoms with Crippen molar-refractivity contribution < 1.29 is 4.79 Å². The van der Waals surface area contributed by atoms with Gasteiger partial charge in [-0.15, -0.1) is 5.10 Å². The lowest BCUT2D eigenvalue weighted by Crippen LogP contribution is -2.36. The summed E-state index contributed by atoms with van der Waals surface area (Å²) >= 11 is 3.44. The number of aromatic nitrogens is 3. The second kappa shape index (κ2) is 7.25. The number of carbonyl (C=O) groups excluding carboxylic acids is 1. The van der Waals surface area contributed by atoms with Crippen molar-refractivity contribution in [2.45, 2.75) is 38.6 Å². The second-order valence-corrected chi connectivity index (χ2v) is 6.92. The van der Waals surface area contributed by atoms with Gasteiger partial charge in [0.25, 0.3) is 0 Å². The minimum Gasteiger partial charge on any atom is -0.336 e. The summed E-state index contributed by atoms with van der Waals surface area (Å²) in [5.74, 6) is 0.233. The van der Waals surface area contributed by atoms with Crippen LogP contribution in [0.15, 0.2) is 28.7 Å². The molecule has 0 spiro atoms. The molecule has 0 radical (unpaired) electrons. The third-order valence-corrected chi connectivity index (χ3v) is 4.88. The van der Waals surface area contributed by atoms with Crippen LogP contribution in [-0.4, -0.2) is 32.3 Å². The smallest absolute Gasteiger partial charge is 0.222 e. The van der Waals surface area contributed by atoms with Crippen molar-refractivity contribution in [3.8, 4) is 0 Å². The maximum atomic E-state index is 12.3. The van der Waals surface area contributed by atoms with Gasteiger partial charge in [0.1, 0.15) is 5.69 Å². The molecule has 0 unspecified atom stereocenters. The van der Waals surface area contributed by atoms with E-state index in [9.17, 15) is 4.79 Å². The van der Waals surface area contributed by atoms with E-state index >= 15 is 0 Å². The molecule has 5 nitrogen and oxygen atoms in total. The topological polar surface area (TPSA) is 51.0 Å². The van der Waals surface area contributed by atoms with E-state index < -0.39 is 0 Å². The first kappa shape index (κ1) is 16.2. The van der Waals surface area contributed by atoms with Gasteiger partial charge in [-0.3, -0.25) is 9.48 Å². The van der Waals surface area contributed by atoms with Gasteiger partial charge in [-0.25, -0.2) is 0 Å². The van der Waals surface area contributed by atoms with Crippen molar-refractivity contribution in [1.29, 1.82) is 0 Å². The van der Waals surface area contributed by atoms with Crippen molar-refractivity contribution in [3.63, 3.8) is 0 Å². The van der Waals surface area contributed by atoms with E-state index in [1.165, 1.54) is 5.56 Å². The van der Waals surface area contributed by atoms with Crippen LogP contribution < -0.4 is 0 Å². The zero-order chi connectivity index (χ0) is 16.2. The molecule has 0 saturated heterocycles. The lowest BCUT2D eigenvalue weighted by atomic mass is 10.1. The zero-order valence-electron chi connectivity index (χ0n) is 13.3. The molecule has 1 aromatic heterocycles. The van der Waals surface area contributed by atoms with Crippen LogP contribution in [0.4, 0.5) is 0 Å². The van der Waals surface area contributed by atoms with Crippen LogP contribution in [-0.2, 0) is 31.2 Å². The number of carbonyl (C=O) groups is 1. The predicted octanol–water partition coefficient (Wildman–Crippen LogP) is 2.88. The van der Waals surface area contributed by atoms with E-state index in [2.05, 4.69) is 50.5 Å². The third kappa shape index (κ3) is 3.99. The molecule has 122 valence electrons. The number of rotatable bonds is 5. The molecule has 1 amide bonds. The molecule has 0 N–H and O–H groups in total. The summed E-state index contributed by atoms with van der Waals surface area (Å²) in [5.41, 5.74) is 3.43. The van der Waals surface area contributed by atoms with E-state index in [1.807, 2.05) is 16.6 Å². The van der Waals surface area contributed by atoms with Crippen LogP contribution >= 0.6 is 15.9 Å². The molecule has 1 aromatic carbocycles. The maximum Gasteiger partial charge on any atom is 0.222 e. The Morgan fingerprint density at radius 1 is 1.26 bits per heavy atom. The summed E-state index contributed by atoms with van der Waals surface area (Å²) in [5, 5.41) is 8.18. The van der Waals surface area contributed by atoms with E-state index in [4.69, 9.17) is 0 Å². The van der Waals surface area contributed by atoms with Gasteiger partial charge in [-0.2, -0.15) is 0 Å². The maximum absolute atomic E-state index is 12.3. The average Bonchev–Trinajstić information content (AvgIpc) is 2.94. The molecule has 3 rings (SSSR count). The van der Waals surface area contributed by atoms with Crippen LogP contribution in [0.1, 0.15) is 36.2 Å². The molecule has 23 heavy (non-hydrogen) atoms. The van der Waals surface area contributed by atoms with Gasteiger partial charge in [0.15, 0.2) is 0 Å². The van der Waals surface area contributed by atoms with Crippen LogP contribution in [0, 0.1) is 0 Å². The Kier molecular flexibility index (Phi) is 5.10. The van der Waals surface area contributed by atoms with Gasteiger partial charge >= 0.3 is 0 Å². The van der Waals surface area contributed by atoms with Crippen molar-refractivity contribution in [3.05, 3.63) is 45.7 Å². The second-order valence-electron chi connectivity index (χ2n) is 6.01. The van der Waals surface area contributed by atoms with Gasteiger partial charge in [-0.05, 0) is 37.0 Å². The number of nitrogens with zero attached hydrogens (tertiary/aromatic N) is 4. The summed E-state index contributed by atoms with van der Waals surface area (Å²) in [7, 11) is 1.91. The highest BCUT2D eigenvalue weighted by Crippen LogP contribution is 2.18. The quantitative estimate of drug-likeness (QED) is 0.753. The summed E-state index contributed by atoms with van der Waals surface area (Å²) in [6.45, 7) is 1.38. The molecule has 0 saturated carbocycles. The number of benzene rings is 1. The number of aryl methyl sites for hydroxylation is 2. The van der Waals surface area contributed by atoms with E-state index in [1.54, 1.807) is 0 Å². The largest absolute Gasteiger partial charge is 0.336 e. The lowest BCUT2D eigenvalue weighted by Gasteiger charge is -2.26. The normalized spacial score (nSPS) is 13.9. The highest BCUT2D eigenvalue weighted by Gasteiger charge is 2.23. The van der Waals surface area contributed by atoms with Crippen LogP contribution in [0.2, 0.25) is 0 Å². The van der Waals surface area contributed by atoms with Gasteiger partial charge in [0.05, 0.1) is 12.2 Å². The standard InChI is InChI=1S/C17H21BrN4O/c1-21-16-10-11-22(12-15(16)19-20-21)17(23)5-3-2-4-13-6-8-14(18)9-7-13/h6-9H,2-5,10-12H2,1H3. The van der Waals surface area contributed by atoms with Crippen molar-refractivity contribution in [2.75, 3.05) is 6.54 Å². The number of hydrogen-bond acceptors (Lipinski definition) is 3. The van der Waals surface area contributed by atoms with E-state index in [0.717, 1.165) is 48.1 Å². The van der Waals surface area contributed by atoms with Crippen molar-refractivity contribution in [2.24, 2.45) is 7.05 Å². The number of amides is 1. The molecule has 1 aliphatic heterocycles. The average molecular weight is 377 g/mol. The molecule has 0 atom stereocenters. The Bertz CT molecular complexity index is 680. The molecular weight excluding hydrogens is 356 g/mol. The Morgan fingerprint density at radius 2 is 2.04 bits per heavy atom. The van der Waals surface area contributed by atoms with Crippen LogP contribution in [0.25, 0.3) is 0 Å². The third-order valence-electron chi connectivity index (χ3n) is 4.35. The fraction of sp³-hybridized carbons (Fsp3) is 0.471. The Balaban J connectivity index is 1.42. The fourth-order valence-electron chi connectivity index (χ4n) is 2.98. The molecule has 2 aromatic rings. The summed E-state index contributed by atoms with van der Waals surface area (Å²) in [6, 6.07) is 8.39. The fourth-order valence-corrected chi connectivity index (χ4v) is 3.24. The summed E-state index contributed by atoms with van der Waals surface area (Å²) in [6.07, 6.45) is 4.46. The summed E-state index contributed by atoms with van der Waals surface area (Å²) in [4.78, 5) is 14.2. The van der Waals surface area contributed by atoms with Crippen molar-refractivity contribution >= 4 is 21.8 Å². The SMILES string of the molecule is Cn1nnc2c1CCN(C(=O)CCCCc1ccc(Br)cc1)C2. The monoisotopic (exact) mass is 376 g/mol. The molecule has 0 fully saturated rings.